The summed E-state index contributed by atoms with van der Waals surface area (Å²) in [5.74, 6) is 1.87. The first-order valence-corrected chi connectivity index (χ1v) is 12.4. The molecule has 0 unspecified atom stereocenters. The third kappa shape index (κ3) is 3.81. The first kappa shape index (κ1) is 19.6. The predicted octanol–water partition coefficient (Wildman–Crippen LogP) is 5.36. The molecular weight excluding hydrogens is 416 g/mol. The fraction of sp³-hybridized carbons (Fsp3) is 0.320. The van der Waals surface area contributed by atoms with Crippen LogP contribution in [0.3, 0.4) is 0 Å². The summed E-state index contributed by atoms with van der Waals surface area (Å²) in [7, 11) is 0. The summed E-state index contributed by atoms with van der Waals surface area (Å²) in [6.45, 7) is 2.19. The standard InChI is InChI=1S/C25H26N6S/c1-3-9-19(10-4-1)23-20(17-30(28-23)21-11-5-2-6-12-21)18-32-25-27-26-24(29-15-7-8-16-29)31(25)22-13-14-22/h1-6,9-12,17,22H,7-8,13-16,18H2. The summed E-state index contributed by atoms with van der Waals surface area (Å²) < 4.78 is 4.37. The van der Waals surface area contributed by atoms with Crippen molar-refractivity contribution in [1.82, 2.24) is 24.5 Å². The molecule has 6 rings (SSSR count). The molecule has 0 N–H and O–H groups in total. The molecule has 1 aliphatic heterocycles. The molecule has 1 saturated heterocycles. The van der Waals surface area contributed by atoms with Crippen LogP contribution in [-0.4, -0.2) is 37.6 Å². The molecule has 32 heavy (non-hydrogen) atoms. The smallest absolute Gasteiger partial charge is 0.228 e. The Balaban J connectivity index is 1.31. The largest absolute Gasteiger partial charge is 0.341 e. The summed E-state index contributed by atoms with van der Waals surface area (Å²) in [4.78, 5) is 2.40. The Labute approximate surface area is 192 Å². The van der Waals surface area contributed by atoms with Gasteiger partial charge in [-0.15, -0.1) is 10.2 Å². The van der Waals surface area contributed by atoms with Crippen molar-refractivity contribution in [2.75, 3.05) is 18.0 Å². The third-order valence-corrected chi connectivity index (χ3v) is 7.15. The van der Waals surface area contributed by atoms with Gasteiger partial charge in [-0.25, -0.2) is 4.68 Å². The highest BCUT2D eigenvalue weighted by Gasteiger charge is 2.32. The Morgan fingerprint density at radius 3 is 2.31 bits per heavy atom. The van der Waals surface area contributed by atoms with Crippen molar-refractivity contribution >= 4 is 17.7 Å². The minimum absolute atomic E-state index is 0.559. The van der Waals surface area contributed by atoms with Crippen molar-refractivity contribution in [2.45, 2.75) is 42.6 Å². The SMILES string of the molecule is c1ccc(-c2nn(-c3ccccc3)cc2CSc2nnc(N3CCCC3)n2C2CC2)cc1. The minimum atomic E-state index is 0.559. The molecule has 0 atom stereocenters. The van der Waals surface area contributed by atoms with Gasteiger partial charge in [-0.1, -0.05) is 60.3 Å². The molecule has 1 aliphatic carbocycles. The van der Waals surface area contributed by atoms with Crippen LogP contribution in [0.2, 0.25) is 0 Å². The first-order chi connectivity index (χ1) is 15.9. The average Bonchev–Trinajstić information content (AvgIpc) is 3.23. The lowest BCUT2D eigenvalue weighted by molar-refractivity contribution is 0.651. The number of para-hydroxylation sites is 1. The van der Waals surface area contributed by atoms with Gasteiger partial charge in [0.25, 0.3) is 0 Å². The molecule has 3 heterocycles. The highest BCUT2D eigenvalue weighted by molar-refractivity contribution is 7.98. The molecule has 2 aromatic heterocycles. The van der Waals surface area contributed by atoms with E-state index in [1.807, 2.05) is 28.9 Å². The molecule has 4 aromatic rings. The predicted molar refractivity (Wildman–Crippen MR) is 128 cm³/mol. The van der Waals surface area contributed by atoms with Crippen LogP contribution in [0, 0.1) is 0 Å². The lowest BCUT2D eigenvalue weighted by Gasteiger charge is -2.17. The van der Waals surface area contributed by atoms with Crippen LogP contribution in [0.4, 0.5) is 5.95 Å². The number of benzene rings is 2. The van der Waals surface area contributed by atoms with Gasteiger partial charge >= 0.3 is 0 Å². The molecule has 0 spiro atoms. The zero-order valence-corrected chi connectivity index (χ0v) is 18.8. The number of hydrogen-bond acceptors (Lipinski definition) is 5. The van der Waals surface area contributed by atoms with Crippen molar-refractivity contribution in [2.24, 2.45) is 0 Å². The topological polar surface area (TPSA) is 51.8 Å². The fourth-order valence-electron chi connectivity index (χ4n) is 4.36. The van der Waals surface area contributed by atoms with Crippen molar-refractivity contribution in [1.29, 1.82) is 0 Å². The van der Waals surface area contributed by atoms with E-state index in [1.54, 1.807) is 11.8 Å². The molecule has 0 amide bonds. The number of aromatic nitrogens is 5. The summed E-state index contributed by atoms with van der Waals surface area (Å²) in [6, 6.07) is 21.3. The van der Waals surface area contributed by atoms with Gasteiger partial charge in [0, 0.05) is 42.2 Å². The van der Waals surface area contributed by atoms with E-state index in [-0.39, 0.29) is 0 Å². The van der Waals surface area contributed by atoms with Gasteiger partial charge in [0.1, 0.15) is 0 Å². The van der Waals surface area contributed by atoms with Gasteiger partial charge < -0.3 is 4.90 Å². The molecule has 6 nitrogen and oxygen atoms in total. The Hall–Kier alpha value is -3.06. The van der Waals surface area contributed by atoms with Gasteiger partial charge in [0.05, 0.1) is 11.4 Å². The number of anilines is 1. The summed E-state index contributed by atoms with van der Waals surface area (Å²) >= 11 is 1.77. The first-order valence-electron chi connectivity index (χ1n) is 11.4. The van der Waals surface area contributed by atoms with E-state index < -0.39 is 0 Å². The lowest BCUT2D eigenvalue weighted by atomic mass is 10.1. The highest BCUT2D eigenvalue weighted by Crippen LogP contribution is 2.42. The fourth-order valence-corrected chi connectivity index (χ4v) is 5.33. The molecule has 0 bridgehead atoms. The highest BCUT2D eigenvalue weighted by atomic mass is 32.2. The molecule has 7 heteroatoms. The molecule has 162 valence electrons. The van der Waals surface area contributed by atoms with E-state index in [0.29, 0.717) is 6.04 Å². The number of thioether (sulfide) groups is 1. The molecule has 1 saturated carbocycles. The molecule has 2 aliphatic rings. The Morgan fingerprint density at radius 2 is 1.59 bits per heavy atom. The Kier molecular flexibility index (Phi) is 5.19. The van der Waals surface area contributed by atoms with Crippen LogP contribution < -0.4 is 4.90 Å². The third-order valence-electron chi connectivity index (χ3n) is 6.16. The van der Waals surface area contributed by atoms with E-state index in [1.165, 1.54) is 31.2 Å². The molecule has 0 radical (unpaired) electrons. The zero-order valence-electron chi connectivity index (χ0n) is 18.0. The summed E-state index contributed by atoms with van der Waals surface area (Å²) in [6.07, 6.45) is 7.11. The average molecular weight is 443 g/mol. The molecular formula is C25H26N6S. The second kappa shape index (κ2) is 8.47. The molecule has 2 fully saturated rings. The molecule has 2 aromatic carbocycles. The van der Waals surface area contributed by atoms with Crippen LogP contribution in [0.5, 0.6) is 0 Å². The number of rotatable bonds is 7. The van der Waals surface area contributed by atoms with Crippen LogP contribution in [0.15, 0.2) is 72.0 Å². The normalized spacial score (nSPS) is 16.1. The zero-order chi connectivity index (χ0) is 21.3. The van der Waals surface area contributed by atoms with Gasteiger partial charge in [-0.2, -0.15) is 5.10 Å². The summed E-state index contributed by atoms with van der Waals surface area (Å²) in [5, 5.41) is 15.2. The van der Waals surface area contributed by atoms with E-state index in [4.69, 9.17) is 5.10 Å². The monoisotopic (exact) mass is 442 g/mol. The van der Waals surface area contributed by atoms with E-state index >= 15 is 0 Å². The Morgan fingerprint density at radius 1 is 0.875 bits per heavy atom. The van der Waals surface area contributed by atoms with Crippen LogP contribution in [-0.2, 0) is 5.75 Å². The summed E-state index contributed by atoms with van der Waals surface area (Å²) in [5.41, 5.74) is 4.44. The van der Waals surface area contributed by atoms with E-state index in [9.17, 15) is 0 Å². The van der Waals surface area contributed by atoms with Crippen LogP contribution >= 0.6 is 11.8 Å². The number of hydrogen-bond donors (Lipinski definition) is 0. The van der Waals surface area contributed by atoms with E-state index in [2.05, 4.69) is 62.3 Å². The minimum Gasteiger partial charge on any atom is -0.341 e. The van der Waals surface area contributed by atoms with Crippen molar-refractivity contribution < 1.29 is 0 Å². The van der Waals surface area contributed by atoms with Crippen LogP contribution in [0.1, 0.15) is 37.3 Å². The van der Waals surface area contributed by atoms with Gasteiger partial charge in [0.15, 0.2) is 5.16 Å². The van der Waals surface area contributed by atoms with Crippen molar-refractivity contribution in [3.8, 4) is 16.9 Å². The number of nitrogens with zero attached hydrogens (tertiary/aromatic N) is 6. The lowest BCUT2D eigenvalue weighted by Crippen LogP contribution is -2.22. The quantitative estimate of drug-likeness (QED) is 0.361. The second-order valence-electron chi connectivity index (χ2n) is 8.52. The maximum Gasteiger partial charge on any atom is 0.228 e. The van der Waals surface area contributed by atoms with Crippen LogP contribution in [0.25, 0.3) is 16.9 Å². The van der Waals surface area contributed by atoms with Crippen molar-refractivity contribution in [3.63, 3.8) is 0 Å². The van der Waals surface area contributed by atoms with Crippen molar-refractivity contribution in [3.05, 3.63) is 72.4 Å². The van der Waals surface area contributed by atoms with Gasteiger partial charge in [-0.05, 0) is 37.8 Å². The maximum absolute atomic E-state index is 4.95. The van der Waals surface area contributed by atoms with E-state index in [0.717, 1.165) is 46.9 Å². The van der Waals surface area contributed by atoms with Gasteiger partial charge in [0.2, 0.25) is 5.95 Å². The maximum atomic E-state index is 4.95. The Bertz CT molecular complexity index is 1190. The second-order valence-corrected chi connectivity index (χ2v) is 9.46. The van der Waals surface area contributed by atoms with Gasteiger partial charge in [-0.3, -0.25) is 4.57 Å².